The van der Waals surface area contributed by atoms with Gasteiger partial charge in [0, 0.05) is 17.0 Å². The monoisotopic (exact) mass is 455 g/mol. The fourth-order valence-electron chi connectivity index (χ4n) is 3.39. The summed E-state index contributed by atoms with van der Waals surface area (Å²) in [7, 11) is 4.59. The van der Waals surface area contributed by atoms with E-state index in [-0.39, 0.29) is 5.69 Å². The molecule has 0 fully saturated rings. The fraction of sp³-hybridized carbons (Fsp3) is 0.160. The molecule has 0 aliphatic heterocycles. The van der Waals surface area contributed by atoms with Crippen LogP contribution in [0.2, 0.25) is 0 Å². The van der Waals surface area contributed by atoms with Crippen molar-refractivity contribution in [1.82, 2.24) is 0 Å². The van der Waals surface area contributed by atoms with Crippen LogP contribution in [-0.4, -0.2) is 21.3 Å². The van der Waals surface area contributed by atoms with Crippen molar-refractivity contribution >= 4 is 16.7 Å². The topological polar surface area (TPSA) is 53.2 Å². The zero-order valence-corrected chi connectivity index (χ0v) is 18.1. The molecule has 0 amide bonds. The van der Waals surface area contributed by atoms with E-state index < -0.39 is 11.7 Å². The molecule has 0 aliphatic rings. The van der Waals surface area contributed by atoms with E-state index in [1.165, 1.54) is 33.5 Å². The molecule has 0 spiro atoms. The summed E-state index contributed by atoms with van der Waals surface area (Å²) >= 11 is 0. The lowest BCUT2D eigenvalue weighted by atomic mass is 10.1. The molecule has 0 unspecified atom stereocenters. The fourth-order valence-corrected chi connectivity index (χ4v) is 3.39. The van der Waals surface area contributed by atoms with Gasteiger partial charge in [-0.15, -0.1) is 0 Å². The average Bonchev–Trinajstić information content (AvgIpc) is 2.82. The molecule has 8 heteroatoms. The van der Waals surface area contributed by atoms with Crippen molar-refractivity contribution in [3.05, 3.63) is 77.7 Å². The van der Waals surface area contributed by atoms with E-state index in [0.717, 1.165) is 12.1 Å². The molecular formula is C25H20F3NO4. The number of nitrogens with zero attached hydrogens (tertiary/aromatic N) is 1. The second kappa shape index (κ2) is 8.90. The Labute approximate surface area is 187 Å². The second-order valence-corrected chi connectivity index (χ2v) is 7.09. The van der Waals surface area contributed by atoms with E-state index in [1.54, 1.807) is 42.5 Å². The quantitative estimate of drug-likeness (QED) is 0.351. The van der Waals surface area contributed by atoms with Gasteiger partial charge in [0.05, 0.1) is 37.9 Å². The van der Waals surface area contributed by atoms with E-state index >= 15 is 0 Å². The first-order valence-corrected chi connectivity index (χ1v) is 9.88. The lowest BCUT2D eigenvalue weighted by Gasteiger charge is -2.11. The summed E-state index contributed by atoms with van der Waals surface area (Å²) in [5.74, 6) is 2.09. The van der Waals surface area contributed by atoms with Gasteiger partial charge in [0.2, 0.25) is 0 Å². The maximum atomic E-state index is 13.2. The first-order valence-electron chi connectivity index (χ1n) is 9.88. The Morgan fingerprint density at radius 3 is 2.27 bits per heavy atom. The van der Waals surface area contributed by atoms with Crippen molar-refractivity contribution in [3.63, 3.8) is 0 Å². The number of halogens is 3. The van der Waals surface area contributed by atoms with Gasteiger partial charge in [-0.05, 0) is 54.6 Å². The third-order valence-corrected chi connectivity index (χ3v) is 5.04. The molecule has 1 aromatic heterocycles. The van der Waals surface area contributed by atoms with Crippen molar-refractivity contribution in [2.24, 2.45) is 4.99 Å². The first-order chi connectivity index (χ1) is 15.8. The molecular weight excluding hydrogens is 435 g/mol. The van der Waals surface area contributed by atoms with E-state index in [9.17, 15) is 13.2 Å². The summed E-state index contributed by atoms with van der Waals surface area (Å²) in [5, 5.41) is 1.02. The van der Waals surface area contributed by atoms with Crippen molar-refractivity contribution in [2.75, 3.05) is 21.3 Å². The molecule has 4 rings (SSSR count). The van der Waals surface area contributed by atoms with Gasteiger partial charge in [0.1, 0.15) is 17.1 Å². The predicted molar refractivity (Wildman–Crippen MR) is 118 cm³/mol. The SMILES string of the molecule is COc1ccc2oc(-c3ccc(OC)c(OC)c3)cc(=Nc3cccc(C(F)(F)F)c3)c2c1. The summed E-state index contributed by atoms with van der Waals surface area (Å²) in [6, 6.07) is 17.0. The molecule has 5 nitrogen and oxygen atoms in total. The first kappa shape index (κ1) is 22.3. The number of alkyl halides is 3. The number of rotatable bonds is 5. The maximum Gasteiger partial charge on any atom is 0.416 e. The Hall–Kier alpha value is -3.94. The van der Waals surface area contributed by atoms with Gasteiger partial charge in [-0.25, -0.2) is 4.99 Å². The normalized spacial score (nSPS) is 12.1. The summed E-state index contributed by atoms with van der Waals surface area (Å²) in [6.07, 6.45) is -4.46. The Kier molecular flexibility index (Phi) is 6.00. The number of benzene rings is 3. The van der Waals surface area contributed by atoms with Crippen molar-refractivity contribution in [2.45, 2.75) is 6.18 Å². The van der Waals surface area contributed by atoms with Crippen LogP contribution in [0.5, 0.6) is 17.2 Å². The molecule has 0 saturated carbocycles. The Morgan fingerprint density at radius 2 is 1.58 bits per heavy atom. The van der Waals surface area contributed by atoms with E-state index in [0.29, 0.717) is 44.9 Å². The van der Waals surface area contributed by atoms with Gasteiger partial charge in [-0.3, -0.25) is 0 Å². The summed E-state index contributed by atoms with van der Waals surface area (Å²) < 4.78 is 61.6. The lowest BCUT2D eigenvalue weighted by molar-refractivity contribution is -0.137. The van der Waals surface area contributed by atoms with Crippen LogP contribution in [0.15, 0.2) is 76.1 Å². The highest BCUT2D eigenvalue weighted by atomic mass is 19.4. The molecule has 4 aromatic rings. The minimum atomic E-state index is -4.46. The molecule has 0 bridgehead atoms. The van der Waals surface area contributed by atoms with E-state index in [4.69, 9.17) is 18.6 Å². The van der Waals surface area contributed by atoms with Gasteiger partial charge in [-0.2, -0.15) is 13.2 Å². The largest absolute Gasteiger partial charge is 0.497 e. The number of ether oxygens (including phenoxy) is 3. The summed E-state index contributed by atoms with van der Waals surface area (Å²) in [4.78, 5) is 4.51. The number of methoxy groups -OCH3 is 3. The van der Waals surface area contributed by atoms with Crippen LogP contribution in [0.25, 0.3) is 22.3 Å². The van der Waals surface area contributed by atoms with Crippen LogP contribution in [0.1, 0.15) is 5.56 Å². The van der Waals surface area contributed by atoms with Crippen molar-refractivity contribution < 1.29 is 31.8 Å². The van der Waals surface area contributed by atoms with Crippen LogP contribution in [-0.2, 0) is 6.18 Å². The Morgan fingerprint density at radius 1 is 0.788 bits per heavy atom. The Bertz CT molecular complexity index is 1380. The zero-order valence-electron chi connectivity index (χ0n) is 18.1. The van der Waals surface area contributed by atoms with Crippen LogP contribution in [0, 0.1) is 0 Å². The minimum absolute atomic E-state index is 0.165. The molecule has 0 atom stereocenters. The van der Waals surface area contributed by atoms with Gasteiger partial charge in [0.25, 0.3) is 0 Å². The molecule has 33 heavy (non-hydrogen) atoms. The van der Waals surface area contributed by atoms with Crippen LogP contribution in [0.4, 0.5) is 18.9 Å². The third kappa shape index (κ3) is 4.64. The van der Waals surface area contributed by atoms with Crippen LogP contribution >= 0.6 is 0 Å². The lowest BCUT2D eigenvalue weighted by Crippen LogP contribution is -2.05. The molecule has 0 radical (unpaired) electrons. The number of hydrogen-bond donors (Lipinski definition) is 0. The average molecular weight is 455 g/mol. The van der Waals surface area contributed by atoms with Gasteiger partial charge in [0.15, 0.2) is 11.5 Å². The summed E-state index contributed by atoms with van der Waals surface area (Å²) in [5.41, 5.74) is 0.574. The van der Waals surface area contributed by atoms with Crippen molar-refractivity contribution in [3.8, 4) is 28.6 Å². The van der Waals surface area contributed by atoms with Gasteiger partial charge >= 0.3 is 6.18 Å². The predicted octanol–water partition coefficient (Wildman–Crippen LogP) is 6.38. The minimum Gasteiger partial charge on any atom is -0.497 e. The van der Waals surface area contributed by atoms with Crippen molar-refractivity contribution in [1.29, 1.82) is 0 Å². The Balaban J connectivity index is 1.96. The van der Waals surface area contributed by atoms with Crippen LogP contribution in [0.3, 0.4) is 0 Å². The zero-order chi connectivity index (χ0) is 23.6. The number of fused-ring (bicyclic) bond motifs is 1. The summed E-state index contributed by atoms with van der Waals surface area (Å²) in [6.45, 7) is 0. The highest BCUT2D eigenvalue weighted by Crippen LogP contribution is 2.34. The molecule has 1 heterocycles. The highest BCUT2D eigenvalue weighted by molar-refractivity contribution is 5.80. The standard InChI is InChI=1S/C25H20F3NO4/c1-30-18-8-10-21-19(13-18)20(29-17-6-4-5-16(12-17)25(26,27)28)14-23(33-21)15-7-9-22(31-2)24(11-15)32-3/h4-14H,1-3H3. The van der Waals surface area contributed by atoms with E-state index in [2.05, 4.69) is 4.99 Å². The number of hydrogen-bond acceptors (Lipinski definition) is 5. The third-order valence-electron chi connectivity index (χ3n) is 5.04. The molecule has 0 saturated heterocycles. The molecule has 3 aromatic carbocycles. The van der Waals surface area contributed by atoms with Gasteiger partial charge < -0.3 is 18.6 Å². The molecule has 0 N–H and O–H groups in total. The van der Waals surface area contributed by atoms with Crippen LogP contribution < -0.4 is 19.6 Å². The van der Waals surface area contributed by atoms with E-state index in [1.807, 2.05) is 0 Å². The molecule has 170 valence electrons. The van der Waals surface area contributed by atoms with Gasteiger partial charge in [-0.1, -0.05) is 6.07 Å². The highest BCUT2D eigenvalue weighted by Gasteiger charge is 2.30. The maximum absolute atomic E-state index is 13.2. The molecule has 0 aliphatic carbocycles. The second-order valence-electron chi connectivity index (χ2n) is 7.09. The smallest absolute Gasteiger partial charge is 0.416 e.